The van der Waals surface area contributed by atoms with Crippen LogP contribution < -0.4 is 5.32 Å². The number of hydrogen-bond donors (Lipinski definition) is 1. The number of nitrogens with zero attached hydrogens (tertiary/aromatic N) is 1. The van der Waals surface area contributed by atoms with Gasteiger partial charge in [-0.1, -0.05) is 29.8 Å². The van der Waals surface area contributed by atoms with E-state index in [1.807, 2.05) is 31.2 Å². The standard InChI is InChI=1S/C14H20N2O2S/c1-11-3-5-12(6-4-11)7-15-14(17)16-8-13(9-16)10-19(2)18/h3-6,13H,7-10H2,1-2H3,(H,15,17). The Morgan fingerprint density at radius 3 is 2.58 bits per heavy atom. The van der Waals surface area contributed by atoms with Crippen LogP contribution >= 0.6 is 0 Å². The van der Waals surface area contributed by atoms with E-state index < -0.39 is 10.8 Å². The maximum atomic E-state index is 11.8. The second-order valence-corrected chi connectivity index (χ2v) is 6.63. The predicted octanol–water partition coefficient (Wildman–Crippen LogP) is 1.51. The molecule has 1 aromatic rings. The maximum Gasteiger partial charge on any atom is 0.317 e. The molecule has 0 bridgehead atoms. The van der Waals surface area contributed by atoms with Gasteiger partial charge in [-0.2, -0.15) is 0 Å². The van der Waals surface area contributed by atoms with Crippen molar-refractivity contribution in [2.45, 2.75) is 13.5 Å². The van der Waals surface area contributed by atoms with Gasteiger partial charge in [-0.05, 0) is 12.5 Å². The minimum atomic E-state index is -0.767. The molecular weight excluding hydrogens is 260 g/mol. The Morgan fingerprint density at radius 1 is 1.37 bits per heavy atom. The first-order valence-electron chi connectivity index (χ1n) is 6.43. The second-order valence-electron chi connectivity index (χ2n) is 5.16. The zero-order chi connectivity index (χ0) is 13.8. The van der Waals surface area contributed by atoms with E-state index in [2.05, 4.69) is 5.32 Å². The van der Waals surface area contributed by atoms with Crippen molar-refractivity contribution >= 4 is 16.8 Å². The summed E-state index contributed by atoms with van der Waals surface area (Å²) in [5, 5.41) is 2.91. The zero-order valence-electron chi connectivity index (χ0n) is 11.4. The summed E-state index contributed by atoms with van der Waals surface area (Å²) in [4.78, 5) is 13.6. The van der Waals surface area contributed by atoms with Crippen molar-refractivity contribution in [2.75, 3.05) is 25.1 Å². The second kappa shape index (κ2) is 6.19. The van der Waals surface area contributed by atoms with Gasteiger partial charge in [0.1, 0.15) is 0 Å². The van der Waals surface area contributed by atoms with E-state index in [-0.39, 0.29) is 6.03 Å². The highest BCUT2D eigenvalue weighted by Gasteiger charge is 2.30. The van der Waals surface area contributed by atoms with E-state index >= 15 is 0 Å². The van der Waals surface area contributed by atoms with Gasteiger partial charge in [-0.15, -0.1) is 0 Å². The van der Waals surface area contributed by atoms with Crippen LogP contribution in [0.2, 0.25) is 0 Å². The molecule has 1 fully saturated rings. The molecule has 2 rings (SSSR count). The van der Waals surface area contributed by atoms with Gasteiger partial charge in [0.05, 0.1) is 0 Å². The van der Waals surface area contributed by atoms with Crippen molar-refractivity contribution in [3.05, 3.63) is 35.4 Å². The summed E-state index contributed by atoms with van der Waals surface area (Å²) in [7, 11) is -0.767. The van der Waals surface area contributed by atoms with Crippen molar-refractivity contribution in [1.82, 2.24) is 10.2 Å². The molecule has 1 atom stereocenters. The number of aryl methyl sites for hydroxylation is 1. The molecule has 1 aliphatic heterocycles. The minimum Gasteiger partial charge on any atom is -0.334 e. The summed E-state index contributed by atoms with van der Waals surface area (Å²) in [5.74, 6) is 1.10. The van der Waals surface area contributed by atoms with Crippen molar-refractivity contribution in [3.8, 4) is 0 Å². The van der Waals surface area contributed by atoms with Crippen LogP contribution in [-0.4, -0.2) is 40.2 Å². The Labute approximate surface area is 116 Å². The van der Waals surface area contributed by atoms with Crippen LogP contribution in [0.25, 0.3) is 0 Å². The smallest absolute Gasteiger partial charge is 0.317 e. The van der Waals surface area contributed by atoms with Crippen LogP contribution in [-0.2, 0) is 17.3 Å². The van der Waals surface area contributed by atoms with Crippen LogP contribution in [0.1, 0.15) is 11.1 Å². The first-order chi connectivity index (χ1) is 9.04. The molecule has 1 unspecified atom stereocenters. The van der Waals surface area contributed by atoms with Crippen LogP contribution in [0.3, 0.4) is 0 Å². The number of carbonyl (C=O) groups is 1. The summed E-state index contributed by atoms with van der Waals surface area (Å²) in [6.07, 6.45) is 1.71. The van der Waals surface area contributed by atoms with Gasteiger partial charge in [-0.3, -0.25) is 4.21 Å². The van der Waals surface area contributed by atoms with Crippen LogP contribution in [0.15, 0.2) is 24.3 Å². The summed E-state index contributed by atoms with van der Waals surface area (Å²) in [5.41, 5.74) is 2.32. The number of urea groups is 1. The third kappa shape index (κ3) is 4.06. The molecule has 0 spiro atoms. The summed E-state index contributed by atoms with van der Waals surface area (Å²) >= 11 is 0. The van der Waals surface area contributed by atoms with E-state index in [4.69, 9.17) is 0 Å². The van der Waals surface area contributed by atoms with E-state index in [0.717, 1.165) is 18.7 Å². The number of rotatable bonds is 4. The van der Waals surface area contributed by atoms with E-state index in [1.54, 1.807) is 11.2 Å². The fourth-order valence-corrected chi connectivity index (χ4v) is 3.04. The number of carbonyl (C=O) groups excluding carboxylic acids is 1. The minimum absolute atomic E-state index is 0.0290. The Hall–Kier alpha value is -1.36. The van der Waals surface area contributed by atoms with Gasteiger partial charge in [0.15, 0.2) is 0 Å². The van der Waals surface area contributed by atoms with Crippen molar-refractivity contribution < 1.29 is 9.00 Å². The lowest BCUT2D eigenvalue weighted by molar-refractivity contribution is 0.131. The molecule has 19 heavy (non-hydrogen) atoms. The average molecular weight is 280 g/mol. The maximum absolute atomic E-state index is 11.8. The fraction of sp³-hybridized carbons (Fsp3) is 0.500. The van der Waals surface area contributed by atoms with E-state index in [0.29, 0.717) is 18.2 Å². The van der Waals surface area contributed by atoms with E-state index in [1.165, 1.54) is 5.56 Å². The Kier molecular flexibility index (Phi) is 4.58. The van der Waals surface area contributed by atoms with Crippen molar-refractivity contribution in [1.29, 1.82) is 0 Å². The summed E-state index contributed by atoms with van der Waals surface area (Å²) in [6.45, 7) is 4.04. The number of amides is 2. The molecule has 4 nitrogen and oxygen atoms in total. The molecule has 1 heterocycles. The average Bonchev–Trinajstić information content (AvgIpc) is 2.32. The topological polar surface area (TPSA) is 49.4 Å². The Morgan fingerprint density at radius 2 is 2.00 bits per heavy atom. The molecule has 0 radical (unpaired) electrons. The molecule has 104 valence electrons. The lowest BCUT2D eigenvalue weighted by atomic mass is 10.0. The first kappa shape index (κ1) is 14.1. The Balaban J connectivity index is 1.71. The monoisotopic (exact) mass is 280 g/mol. The third-order valence-electron chi connectivity index (χ3n) is 3.28. The number of likely N-dealkylation sites (tertiary alicyclic amines) is 1. The van der Waals surface area contributed by atoms with Gasteiger partial charge in [0.2, 0.25) is 0 Å². The SMILES string of the molecule is Cc1ccc(CNC(=O)N2CC(CS(C)=O)C2)cc1. The normalized spacial score (nSPS) is 16.8. The molecule has 0 saturated carbocycles. The molecule has 0 aliphatic carbocycles. The molecule has 1 saturated heterocycles. The first-order valence-corrected chi connectivity index (χ1v) is 8.15. The zero-order valence-corrected chi connectivity index (χ0v) is 12.2. The number of hydrogen-bond acceptors (Lipinski definition) is 2. The van der Waals surface area contributed by atoms with Gasteiger partial charge < -0.3 is 10.2 Å². The van der Waals surface area contributed by atoms with Gasteiger partial charge in [0, 0.05) is 48.4 Å². The highest BCUT2D eigenvalue weighted by Crippen LogP contribution is 2.16. The van der Waals surface area contributed by atoms with Crippen LogP contribution in [0.4, 0.5) is 4.79 Å². The van der Waals surface area contributed by atoms with Gasteiger partial charge in [0.25, 0.3) is 0 Å². The molecule has 1 N–H and O–H groups in total. The molecule has 5 heteroatoms. The van der Waals surface area contributed by atoms with Crippen LogP contribution in [0.5, 0.6) is 0 Å². The van der Waals surface area contributed by atoms with E-state index in [9.17, 15) is 9.00 Å². The molecule has 2 amide bonds. The third-order valence-corrected chi connectivity index (χ3v) is 4.22. The van der Waals surface area contributed by atoms with Crippen molar-refractivity contribution in [2.24, 2.45) is 5.92 Å². The highest BCUT2D eigenvalue weighted by atomic mass is 32.2. The summed E-state index contributed by atoms with van der Waals surface area (Å²) < 4.78 is 11.1. The highest BCUT2D eigenvalue weighted by molar-refractivity contribution is 7.84. The quantitative estimate of drug-likeness (QED) is 0.909. The summed E-state index contributed by atoms with van der Waals surface area (Å²) in [6, 6.07) is 8.09. The lowest BCUT2D eigenvalue weighted by Gasteiger charge is -2.38. The molecule has 1 aliphatic rings. The number of nitrogens with one attached hydrogen (secondary N) is 1. The molecule has 1 aromatic carbocycles. The Bertz CT molecular complexity index is 467. The lowest BCUT2D eigenvalue weighted by Crippen LogP contribution is -2.55. The van der Waals surface area contributed by atoms with Crippen molar-refractivity contribution in [3.63, 3.8) is 0 Å². The predicted molar refractivity (Wildman–Crippen MR) is 77.4 cm³/mol. The fourth-order valence-electron chi connectivity index (χ4n) is 2.17. The van der Waals surface area contributed by atoms with Gasteiger partial charge >= 0.3 is 6.03 Å². The molecular formula is C14H20N2O2S. The number of benzene rings is 1. The van der Waals surface area contributed by atoms with Crippen LogP contribution in [0, 0.1) is 12.8 Å². The largest absolute Gasteiger partial charge is 0.334 e. The van der Waals surface area contributed by atoms with Gasteiger partial charge in [-0.25, -0.2) is 4.79 Å². The molecule has 0 aromatic heterocycles.